The molecule has 1 aliphatic carbocycles. The summed E-state index contributed by atoms with van der Waals surface area (Å²) in [6.07, 6.45) is 8.14. The van der Waals surface area contributed by atoms with E-state index in [-0.39, 0.29) is 28.3 Å². The molecule has 2 aliphatic heterocycles. The van der Waals surface area contributed by atoms with Crippen molar-refractivity contribution in [1.82, 2.24) is 16.2 Å². The molecule has 3 nitrogen and oxygen atoms in total. The van der Waals surface area contributed by atoms with Crippen LogP contribution in [0.25, 0.3) is 0 Å². The minimum absolute atomic E-state index is 0.0544. The van der Waals surface area contributed by atoms with Crippen LogP contribution in [-0.2, 0) is 0 Å². The number of benzene rings is 1. The van der Waals surface area contributed by atoms with Crippen LogP contribution in [0, 0.1) is 11.2 Å². The first kappa shape index (κ1) is 21.2. The van der Waals surface area contributed by atoms with Gasteiger partial charge < -0.3 is 10.7 Å². The van der Waals surface area contributed by atoms with Gasteiger partial charge in [-0.15, -0.1) is 0 Å². The Kier molecular flexibility index (Phi) is 5.30. The fourth-order valence-electron chi connectivity index (χ4n) is 5.91. The van der Waals surface area contributed by atoms with Crippen molar-refractivity contribution in [2.45, 2.75) is 76.4 Å². The minimum Gasteiger partial charge on any atom is -0.311 e. The highest BCUT2D eigenvalue weighted by molar-refractivity contribution is 6.30. The van der Waals surface area contributed by atoms with Gasteiger partial charge in [0.05, 0.1) is 10.6 Å². The van der Waals surface area contributed by atoms with Gasteiger partial charge >= 0.3 is 0 Å². The molecule has 3 aliphatic rings. The maximum atomic E-state index is 15.3. The summed E-state index contributed by atoms with van der Waals surface area (Å²) >= 11 is 12.5. The van der Waals surface area contributed by atoms with E-state index in [1.165, 1.54) is 0 Å². The zero-order valence-corrected chi connectivity index (χ0v) is 19.0. The molecule has 0 amide bonds. The summed E-state index contributed by atoms with van der Waals surface area (Å²) in [5, 5.41) is 4.60. The Balaban J connectivity index is 1.90. The van der Waals surface area contributed by atoms with Gasteiger partial charge in [0.25, 0.3) is 0 Å². The first-order chi connectivity index (χ1) is 13.6. The predicted octanol–water partition coefficient (Wildman–Crippen LogP) is 5.77. The van der Waals surface area contributed by atoms with Gasteiger partial charge in [-0.3, -0.25) is 0 Å². The van der Waals surface area contributed by atoms with E-state index in [1.807, 2.05) is 18.2 Å². The summed E-state index contributed by atoms with van der Waals surface area (Å²) in [7, 11) is 0. The van der Waals surface area contributed by atoms with E-state index in [1.54, 1.807) is 6.07 Å². The molecule has 2 fully saturated rings. The molecule has 1 saturated carbocycles. The molecule has 0 bridgehead atoms. The first-order valence-corrected chi connectivity index (χ1v) is 11.2. The van der Waals surface area contributed by atoms with Gasteiger partial charge in [0, 0.05) is 17.5 Å². The van der Waals surface area contributed by atoms with E-state index >= 15 is 4.39 Å². The Morgan fingerprint density at radius 2 is 1.76 bits per heavy atom. The number of halogens is 3. The van der Waals surface area contributed by atoms with E-state index in [2.05, 4.69) is 49.9 Å². The molecular weight excluding hydrogens is 408 g/mol. The van der Waals surface area contributed by atoms with Gasteiger partial charge in [0.15, 0.2) is 0 Å². The minimum atomic E-state index is -0.540. The third-order valence-corrected chi connectivity index (χ3v) is 7.99. The standard InChI is InChI=1S/C23H30Cl2FN3/c1-14-8-9-18(25)28-29-23(14)19(16-6-5-7-17(24)20(16)26)15(2)27-22(23)12-10-21(3,4)11-13-22/h5-9,15,19,27-29H,10-13H2,1-4H3/t15-,19?,23?/m0/s1. The zero-order chi connectivity index (χ0) is 21.0. The highest BCUT2D eigenvalue weighted by Crippen LogP contribution is 2.57. The lowest BCUT2D eigenvalue weighted by atomic mass is 9.57. The van der Waals surface area contributed by atoms with Crippen molar-refractivity contribution < 1.29 is 4.39 Å². The van der Waals surface area contributed by atoms with E-state index in [0.717, 1.165) is 31.3 Å². The normalized spacial score (nSPS) is 33.2. The fraction of sp³-hybridized carbons (Fsp3) is 0.565. The second-order valence-corrected chi connectivity index (χ2v) is 10.5. The van der Waals surface area contributed by atoms with Crippen LogP contribution in [0.15, 0.2) is 41.1 Å². The average molecular weight is 438 g/mol. The number of hydrazine groups is 1. The number of nitrogens with one attached hydrogen (secondary N) is 3. The second-order valence-electron chi connectivity index (χ2n) is 9.72. The number of hydrogen-bond donors (Lipinski definition) is 3. The van der Waals surface area contributed by atoms with Crippen molar-refractivity contribution in [2.24, 2.45) is 5.41 Å². The van der Waals surface area contributed by atoms with Crippen LogP contribution < -0.4 is 16.2 Å². The topological polar surface area (TPSA) is 36.1 Å². The molecular formula is C23H30Cl2FN3. The van der Waals surface area contributed by atoms with Gasteiger partial charge in [0.2, 0.25) is 0 Å². The van der Waals surface area contributed by atoms with E-state index in [9.17, 15) is 0 Å². The molecule has 4 rings (SSSR count). The molecule has 158 valence electrons. The molecule has 0 radical (unpaired) electrons. The van der Waals surface area contributed by atoms with Crippen LogP contribution >= 0.6 is 23.2 Å². The van der Waals surface area contributed by atoms with Crippen LogP contribution in [0.2, 0.25) is 5.02 Å². The molecule has 1 aromatic carbocycles. The lowest BCUT2D eigenvalue weighted by Gasteiger charge is -2.53. The van der Waals surface area contributed by atoms with Crippen molar-refractivity contribution in [3.8, 4) is 0 Å². The summed E-state index contributed by atoms with van der Waals surface area (Å²) in [4.78, 5) is 0. The van der Waals surface area contributed by atoms with Crippen molar-refractivity contribution in [1.29, 1.82) is 0 Å². The molecule has 3 atom stereocenters. The summed E-state index contributed by atoms with van der Waals surface area (Å²) < 4.78 is 15.3. The Hall–Kier alpha value is -1.07. The quantitative estimate of drug-likeness (QED) is 0.488. The number of allylic oxidation sites excluding steroid dienone is 2. The van der Waals surface area contributed by atoms with Crippen molar-refractivity contribution >= 4 is 23.2 Å². The molecule has 6 heteroatoms. The van der Waals surface area contributed by atoms with Crippen molar-refractivity contribution in [3.05, 3.63) is 57.5 Å². The fourth-order valence-corrected chi connectivity index (χ4v) is 6.20. The predicted molar refractivity (Wildman–Crippen MR) is 118 cm³/mol. The smallest absolute Gasteiger partial charge is 0.145 e. The van der Waals surface area contributed by atoms with E-state index in [4.69, 9.17) is 23.2 Å². The molecule has 29 heavy (non-hydrogen) atoms. The van der Waals surface area contributed by atoms with Gasteiger partial charge in [-0.05, 0) is 68.2 Å². The number of fused-ring (bicyclic) bond motifs is 1. The Morgan fingerprint density at radius 1 is 1.07 bits per heavy atom. The Labute approximate surface area is 183 Å². The third-order valence-electron chi connectivity index (χ3n) is 7.48. The SMILES string of the molecule is CC1=CC=C(Cl)NNC12C(c1cccc(Cl)c1F)[C@H](C)NC21CCC(C)(C)CC1. The second kappa shape index (κ2) is 7.26. The Bertz CT molecular complexity index is 869. The third kappa shape index (κ3) is 3.23. The van der Waals surface area contributed by atoms with Gasteiger partial charge in [0.1, 0.15) is 11.0 Å². The molecule has 2 unspecified atom stereocenters. The van der Waals surface area contributed by atoms with Crippen LogP contribution in [0.4, 0.5) is 4.39 Å². The molecule has 2 heterocycles. The molecule has 0 aromatic heterocycles. The number of rotatable bonds is 1. The maximum Gasteiger partial charge on any atom is 0.145 e. The van der Waals surface area contributed by atoms with E-state index in [0.29, 0.717) is 16.1 Å². The van der Waals surface area contributed by atoms with Gasteiger partial charge in [-0.25, -0.2) is 9.82 Å². The molecule has 2 spiro atoms. The number of hydrogen-bond acceptors (Lipinski definition) is 3. The van der Waals surface area contributed by atoms with Crippen LogP contribution in [0.5, 0.6) is 0 Å². The van der Waals surface area contributed by atoms with Crippen LogP contribution in [-0.4, -0.2) is 17.1 Å². The highest BCUT2D eigenvalue weighted by Gasteiger charge is 2.65. The molecule has 3 N–H and O–H groups in total. The lowest BCUT2D eigenvalue weighted by molar-refractivity contribution is 0.0840. The van der Waals surface area contributed by atoms with Gasteiger partial charge in [-0.1, -0.05) is 55.3 Å². The maximum absolute atomic E-state index is 15.3. The summed E-state index contributed by atoms with van der Waals surface area (Å²) in [6, 6.07) is 5.37. The van der Waals surface area contributed by atoms with Crippen LogP contribution in [0.1, 0.15) is 64.9 Å². The van der Waals surface area contributed by atoms with Crippen LogP contribution in [0.3, 0.4) is 0 Å². The lowest BCUT2D eigenvalue weighted by Crippen LogP contribution is -2.69. The summed E-state index contributed by atoms with van der Waals surface area (Å²) in [5.41, 5.74) is 8.09. The largest absolute Gasteiger partial charge is 0.311 e. The Morgan fingerprint density at radius 3 is 2.45 bits per heavy atom. The van der Waals surface area contributed by atoms with Crippen molar-refractivity contribution in [3.63, 3.8) is 0 Å². The first-order valence-electron chi connectivity index (χ1n) is 10.4. The molecule has 1 aromatic rings. The monoisotopic (exact) mass is 437 g/mol. The van der Waals surface area contributed by atoms with E-state index < -0.39 is 5.54 Å². The average Bonchev–Trinajstić information content (AvgIpc) is 2.81. The summed E-state index contributed by atoms with van der Waals surface area (Å²) in [6.45, 7) is 8.94. The zero-order valence-electron chi connectivity index (χ0n) is 17.5. The van der Waals surface area contributed by atoms with Crippen molar-refractivity contribution in [2.75, 3.05) is 0 Å². The summed E-state index contributed by atoms with van der Waals surface area (Å²) in [5.74, 6) is -0.486. The van der Waals surface area contributed by atoms with Gasteiger partial charge in [-0.2, -0.15) is 0 Å². The molecule has 1 saturated heterocycles. The highest BCUT2D eigenvalue weighted by atomic mass is 35.5.